The molecule has 0 unspecified atom stereocenters. The van der Waals surface area contributed by atoms with Crippen LogP contribution in [-0.4, -0.2) is 9.97 Å². The average Bonchev–Trinajstić information content (AvgIpc) is 2.85. The van der Waals surface area contributed by atoms with Crippen molar-refractivity contribution in [1.82, 2.24) is 9.97 Å². The van der Waals surface area contributed by atoms with Gasteiger partial charge in [-0.25, -0.2) is 15.8 Å². The van der Waals surface area contributed by atoms with Gasteiger partial charge in [0.2, 0.25) is 5.95 Å². The Morgan fingerprint density at radius 2 is 2.33 bits per heavy atom. The topological polar surface area (TPSA) is 63.8 Å². The molecule has 3 N–H and O–H groups in total. The lowest BCUT2D eigenvalue weighted by Crippen LogP contribution is -2.13. The Balaban J connectivity index is 2.32. The summed E-state index contributed by atoms with van der Waals surface area (Å²) in [4.78, 5) is 8.23. The molecule has 1 fully saturated rings. The highest BCUT2D eigenvalue weighted by molar-refractivity contribution is 5.29. The van der Waals surface area contributed by atoms with Gasteiger partial charge in [-0.15, -0.1) is 0 Å². The summed E-state index contributed by atoms with van der Waals surface area (Å²) in [6.07, 6.45) is 4.17. The summed E-state index contributed by atoms with van der Waals surface area (Å²) in [6, 6.07) is 1.95. The molecule has 0 aromatic carbocycles. The van der Waals surface area contributed by atoms with Gasteiger partial charge in [0.05, 0.1) is 5.69 Å². The summed E-state index contributed by atoms with van der Waals surface area (Å²) in [5, 5.41) is 0. The maximum absolute atomic E-state index is 5.21. The van der Waals surface area contributed by atoms with E-state index in [2.05, 4.69) is 22.3 Å². The maximum atomic E-state index is 5.21. The van der Waals surface area contributed by atoms with E-state index in [1.165, 1.54) is 12.8 Å². The average molecular weight is 164 g/mol. The Kier molecular flexibility index (Phi) is 1.51. The summed E-state index contributed by atoms with van der Waals surface area (Å²) in [5.41, 5.74) is 3.82. The van der Waals surface area contributed by atoms with Gasteiger partial charge in [0.1, 0.15) is 0 Å². The number of hydrogen-bond donors (Lipinski definition) is 2. The minimum atomic E-state index is 0.286. The Bertz CT molecular complexity index is 293. The summed E-state index contributed by atoms with van der Waals surface area (Å²) in [6.45, 7) is 2.20. The van der Waals surface area contributed by atoms with Crippen LogP contribution in [0.25, 0.3) is 0 Å². The summed E-state index contributed by atoms with van der Waals surface area (Å²) >= 11 is 0. The van der Waals surface area contributed by atoms with Crippen LogP contribution in [0.5, 0.6) is 0 Å². The molecule has 0 bridgehead atoms. The number of nitrogens with zero attached hydrogens (tertiary/aromatic N) is 2. The van der Waals surface area contributed by atoms with Crippen LogP contribution in [0.3, 0.4) is 0 Å². The highest BCUT2D eigenvalue weighted by atomic mass is 15.3. The highest BCUT2D eigenvalue weighted by Crippen LogP contribution is 2.46. The van der Waals surface area contributed by atoms with Gasteiger partial charge in [-0.05, 0) is 18.9 Å². The number of rotatable bonds is 2. The third-order valence-corrected chi connectivity index (χ3v) is 2.40. The predicted octanol–water partition coefficient (Wildman–Crippen LogP) is 0.814. The molecule has 0 amide bonds. The third-order valence-electron chi connectivity index (χ3n) is 2.40. The van der Waals surface area contributed by atoms with Crippen LogP contribution in [0, 0.1) is 0 Å². The van der Waals surface area contributed by atoms with E-state index in [0.717, 1.165) is 5.69 Å². The van der Waals surface area contributed by atoms with Gasteiger partial charge < -0.3 is 0 Å². The second-order valence-electron chi connectivity index (χ2n) is 3.47. The first-order chi connectivity index (χ1) is 5.74. The molecule has 4 nitrogen and oxygen atoms in total. The summed E-state index contributed by atoms with van der Waals surface area (Å²) in [5.74, 6) is 5.71. The molecule has 0 spiro atoms. The van der Waals surface area contributed by atoms with Crippen LogP contribution in [0.1, 0.15) is 25.5 Å². The number of aromatic nitrogens is 2. The molecule has 1 saturated carbocycles. The minimum Gasteiger partial charge on any atom is -0.292 e. The molecule has 12 heavy (non-hydrogen) atoms. The van der Waals surface area contributed by atoms with E-state index in [9.17, 15) is 0 Å². The monoisotopic (exact) mass is 164 g/mol. The van der Waals surface area contributed by atoms with E-state index in [4.69, 9.17) is 5.84 Å². The first-order valence-electron chi connectivity index (χ1n) is 4.05. The van der Waals surface area contributed by atoms with Crippen molar-refractivity contribution in [2.24, 2.45) is 5.84 Å². The number of anilines is 1. The molecule has 0 radical (unpaired) electrons. The van der Waals surface area contributed by atoms with Gasteiger partial charge in [0.25, 0.3) is 0 Å². The Hall–Kier alpha value is -1.16. The SMILES string of the molecule is CC1(c2ccnc(NN)n2)CC1. The van der Waals surface area contributed by atoms with E-state index in [0.29, 0.717) is 5.95 Å². The third kappa shape index (κ3) is 1.14. The zero-order chi connectivity index (χ0) is 8.60. The second kappa shape index (κ2) is 2.42. The van der Waals surface area contributed by atoms with E-state index in [-0.39, 0.29) is 5.41 Å². The zero-order valence-electron chi connectivity index (χ0n) is 7.04. The van der Waals surface area contributed by atoms with Gasteiger partial charge in [-0.1, -0.05) is 6.92 Å². The number of hydrogen-bond acceptors (Lipinski definition) is 4. The van der Waals surface area contributed by atoms with Crippen LogP contribution >= 0.6 is 0 Å². The Morgan fingerprint density at radius 1 is 1.58 bits per heavy atom. The van der Waals surface area contributed by atoms with Crippen LogP contribution in [0.15, 0.2) is 12.3 Å². The van der Waals surface area contributed by atoms with Crippen molar-refractivity contribution in [3.05, 3.63) is 18.0 Å². The molecule has 1 heterocycles. The Labute approximate surface area is 71.2 Å². The standard InChI is InChI=1S/C8H12N4/c1-8(3-4-8)6-2-5-10-7(11-6)12-9/h2,5H,3-4,9H2,1H3,(H,10,11,12). The van der Waals surface area contributed by atoms with E-state index < -0.39 is 0 Å². The molecule has 1 aliphatic carbocycles. The van der Waals surface area contributed by atoms with E-state index >= 15 is 0 Å². The van der Waals surface area contributed by atoms with Crippen LogP contribution in [0.2, 0.25) is 0 Å². The fourth-order valence-electron chi connectivity index (χ4n) is 1.21. The van der Waals surface area contributed by atoms with Crippen molar-refractivity contribution in [2.45, 2.75) is 25.2 Å². The van der Waals surface area contributed by atoms with Crippen molar-refractivity contribution in [1.29, 1.82) is 0 Å². The first kappa shape index (κ1) is 7.49. The number of nitrogens with one attached hydrogen (secondary N) is 1. The molecular formula is C8H12N4. The van der Waals surface area contributed by atoms with Crippen LogP contribution < -0.4 is 11.3 Å². The van der Waals surface area contributed by atoms with Crippen molar-refractivity contribution in [3.8, 4) is 0 Å². The summed E-state index contributed by atoms with van der Waals surface area (Å²) in [7, 11) is 0. The summed E-state index contributed by atoms with van der Waals surface area (Å²) < 4.78 is 0. The molecule has 1 aliphatic rings. The maximum Gasteiger partial charge on any atom is 0.237 e. The minimum absolute atomic E-state index is 0.286. The lowest BCUT2D eigenvalue weighted by molar-refractivity contribution is 0.745. The second-order valence-corrected chi connectivity index (χ2v) is 3.47. The fourth-order valence-corrected chi connectivity index (χ4v) is 1.21. The van der Waals surface area contributed by atoms with Gasteiger partial charge >= 0.3 is 0 Å². The molecule has 0 aliphatic heterocycles. The van der Waals surface area contributed by atoms with Crippen molar-refractivity contribution in [3.63, 3.8) is 0 Å². The van der Waals surface area contributed by atoms with Gasteiger partial charge in [-0.3, -0.25) is 5.43 Å². The molecule has 0 atom stereocenters. The number of hydrazine groups is 1. The van der Waals surface area contributed by atoms with Crippen LogP contribution in [-0.2, 0) is 5.41 Å². The van der Waals surface area contributed by atoms with Crippen molar-refractivity contribution >= 4 is 5.95 Å². The normalized spacial score (nSPS) is 18.8. The van der Waals surface area contributed by atoms with E-state index in [1.54, 1.807) is 6.20 Å². The van der Waals surface area contributed by atoms with E-state index in [1.807, 2.05) is 6.07 Å². The first-order valence-corrected chi connectivity index (χ1v) is 4.05. The molecule has 64 valence electrons. The highest BCUT2D eigenvalue weighted by Gasteiger charge is 2.40. The number of nitrogen functional groups attached to an aromatic ring is 1. The molecule has 0 saturated heterocycles. The molecule has 1 aromatic heterocycles. The zero-order valence-corrected chi connectivity index (χ0v) is 7.04. The molecule has 2 rings (SSSR count). The largest absolute Gasteiger partial charge is 0.292 e. The Morgan fingerprint density at radius 3 is 2.92 bits per heavy atom. The van der Waals surface area contributed by atoms with Gasteiger partial charge in [0, 0.05) is 11.6 Å². The molecule has 4 heteroatoms. The van der Waals surface area contributed by atoms with Crippen molar-refractivity contribution < 1.29 is 0 Å². The van der Waals surface area contributed by atoms with Gasteiger partial charge in [-0.2, -0.15) is 0 Å². The predicted molar refractivity (Wildman–Crippen MR) is 46.4 cm³/mol. The number of nitrogens with two attached hydrogens (primary N) is 1. The fraction of sp³-hybridized carbons (Fsp3) is 0.500. The molecule has 1 aromatic rings. The lowest BCUT2D eigenvalue weighted by Gasteiger charge is -2.07. The van der Waals surface area contributed by atoms with Gasteiger partial charge in [0.15, 0.2) is 0 Å². The molecular weight excluding hydrogens is 152 g/mol. The quantitative estimate of drug-likeness (QED) is 0.501. The smallest absolute Gasteiger partial charge is 0.237 e. The lowest BCUT2D eigenvalue weighted by atomic mass is 10.1. The van der Waals surface area contributed by atoms with Crippen molar-refractivity contribution in [2.75, 3.05) is 5.43 Å². The van der Waals surface area contributed by atoms with Crippen LogP contribution in [0.4, 0.5) is 5.95 Å².